The van der Waals surface area contributed by atoms with Gasteiger partial charge in [-0.25, -0.2) is 0 Å². The summed E-state index contributed by atoms with van der Waals surface area (Å²) in [6, 6.07) is 0.772. The molecule has 0 aromatic rings. The van der Waals surface area contributed by atoms with Crippen LogP contribution in [0.5, 0.6) is 0 Å². The molecule has 72 valence electrons. The molecule has 1 rings (SSSR count). The summed E-state index contributed by atoms with van der Waals surface area (Å²) in [6.07, 6.45) is 4.23. The van der Waals surface area contributed by atoms with E-state index < -0.39 is 0 Å². The Labute approximate surface area is 76.9 Å². The monoisotopic (exact) mass is 169 g/mol. The highest BCUT2D eigenvalue weighted by Crippen LogP contribution is 2.32. The summed E-state index contributed by atoms with van der Waals surface area (Å²) in [5.74, 6) is 2.68. The zero-order valence-electron chi connectivity index (χ0n) is 8.93. The van der Waals surface area contributed by atoms with Gasteiger partial charge in [-0.2, -0.15) is 0 Å². The zero-order valence-corrected chi connectivity index (χ0v) is 8.93. The highest BCUT2D eigenvalue weighted by Gasteiger charge is 2.29. The van der Waals surface area contributed by atoms with Gasteiger partial charge in [-0.3, -0.25) is 0 Å². The summed E-state index contributed by atoms with van der Waals surface area (Å²) < 4.78 is 0. The average Bonchev–Trinajstić information content (AvgIpc) is 2.03. The minimum atomic E-state index is 0.772. The first-order valence-electron chi connectivity index (χ1n) is 5.32. The van der Waals surface area contributed by atoms with Gasteiger partial charge in [0, 0.05) is 6.04 Å². The molecule has 0 heterocycles. The van der Waals surface area contributed by atoms with Crippen molar-refractivity contribution in [2.45, 2.75) is 46.1 Å². The van der Waals surface area contributed by atoms with Crippen LogP contribution in [0.25, 0.3) is 0 Å². The number of hydrogen-bond acceptors (Lipinski definition) is 1. The van der Waals surface area contributed by atoms with E-state index in [1.54, 1.807) is 0 Å². The van der Waals surface area contributed by atoms with Crippen LogP contribution < -0.4 is 5.32 Å². The van der Waals surface area contributed by atoms with Crippen LogP contribution in [0.15, 0.2) is 0 Å². The lowest BCUT2D eigenvalue weighted by Crippen LogP contribution is -2.40. The fourth-order valence-corrected chi connectivity index (χ4v) is 2.53. The third kappa shape index (κ3) is 2.22. The van der Waals surface area contributed by atoms with Gasteiger partial charge in [-0.15, -0.1) is 0 Å². The molecule has 0 aromatic carbocycles. The van der Waals surface area contributed by atoms with Crippen molar-refractivity contribution < 1.29 is 0 Å². The Kier molecular flexibility index (Phi) is 3.57. The van der Waals surface area contributed by atoms with E-state index >= 15 is 0 Å². The SMILES string of the molecule is CN[C@H]1C[C@H](C)CC[C@@H]1C(C)C. The van der Waals surface area contributed by atoms with Crippen molar-refractivity contribution in [3.63, 3.8) is 0 Å². The summed E-state index contributed by atoms with van der Waals surface area (Å²) >= 11 is 0. The summed E-state index contributed by atoms with van der Waals surface area (Å²) in [6.45, 7) is 7.08. The Balaban J connectivity index is 2.50. The van der Waals surface area contributed by atoms with Gasteiger partial charge in [0.1, 0.15) is 0 Å². The Morgan fingerprint density at radius 3 is 2.42 bits per heavy atom. The van der Waals surface area contributed by atoms with Crippen molar-refractivity contribution in [1.29, 1.82) is 0 Å². The first-order valence-corrected chi connectivity index (χ1v) is 5.32. The van der Waals surface area contributed by atoms with Crippen LogP contribution in [0.1, 0.15) is 40.0 Å². The molecular weight excluding hydrogens is 146 g/mol. The number of rotatable bonds is 2. The van der Waals surface area contributed by atoms with Crippen LogP contribution in [0, 0.1) is 17.8 Å². The van der Waals surface area contributed by atoms with Crippen LogP contribution >= 0.6 is 0 Å². The second kappa shape index (κ2) is 4.27. The van der Waals surface area contributed by atoms with Crippen molar-refractivity contribution in [3.05, 3.63) is 0 Å². The zero-order chi connectivity index (χ0) is 9.14. The van der Waals surface area contributed by atoms with E-state index in [9.17, 15) is 0 Å². The maximum Gasteiger partial charge on any atom is 0.00973 e. The predicted molar refractivity (Wildman–Crippen MR) is 54.2 cm³/mol. The molecule has 0 unspecified atom stereocenters. The molecule has 0 saturated heterocycles. The molecule has 1 aliphatic carbocycles. The van der Waals surface area contributed by atoms with Gasteiger partial charge in [0.05, 0.1) is 0 Å². The molecule has 1 fully saturated rings. The van der Waals surface area contributed by atoms with E-state index in [-0.39, 0.29) is 0 Å². The molecule has 0 spiro atoms. The summed E-state index contributed by atoms with van der Waals surface area (Å²) in [5, 5.41) is 3.47. The van der Waals surface area contributed by atoms with Gasteiger partial charge in [0.25, 0.3) is 0 Å². The minimum absolute atomic E-state index is 0.772. The van der Waals surface area contributed by atoms with Crippen LogP contribution in [-0.4, -0.2) is 13.1 Å². The van der Waals surface area contributed by atoms with E-state index in [2.05, 4.69) is 33.1 Å². The third-order valence-corrected chi connectivity index (χ3v) is 3.39. The highest BCUT2D eigenvalue weighted by atomic mass is 14.9. The largest absolute Gasteiger partial charge is 0.317 e. The highest BCUT2D eigenvalue weighted by molar-refractivity contribution is 4.84. The topological polar surface area (TPSA) is 12.0 Å². The van der Waals surface area contributed by atoms with Gasteiger partial charge < -0.3 is 5.32 Å². The summed E-state index contributed by atoms with van der Waals surface area (Å²) in [4.78, 5) is 0. The Hall–Kier alpha value is -0.0400. The van der Waals surface area contributed by atoms with E-state index in [0.717, 1.165) is 23.8 Å². The normalized spacial score (nSPS) is 37.2. The molecule has 3 atom stereocenters. The summed E-state index contributed by atoms with van der Waals surface area (Å²) in [7, 11) is 2.11. The average molecular weight is 169 g/mol. The molecule has 1 N–H and O–H groups in total. The van der Waals surface area contributed by atoms with Crippen molar-refractivity contribution in [1.82, 2.24) is 5.32 Å². The van der Waals surface area contributed by atoms with Crippen molar-refractivity contribution >= 4 is 0 Å². The quantitative estimate of drug-likeness (QED) is 0.670. The Bertz CT molecular complexity index is 131. The molecular formula is C11H23N. The maximum atomic E-state index is 3.47. The lowest BCUT2D eigenvalue weighted by atomic mass is 9.74. The van der Waals surface area contributed by atoms with Gasteiger partial charge >= 0.3 is 0 Å². The molecule has 0 amide bonds. The first-order chi connectivity index (χ1) is 5.65. The summed E-state index contributed by atoms with van der Waals surface area (Å²) in [5.41, 5.74) is 0. The minimum Gasteiger partial charge on any atom is -0.317 e. The van der Waals surface area contributed by atoms with E-state index in [1.807, 2.05) is 0 Å². The standard InChI is InChI=1S/C11H23N/c1-8(2)10-6-5-9(3)7-11(10)12-4/h8-12H,5-7H2,1-4H3/t9-,10-,11+/m1/s1. The maximum absolute atomic E-state index is 3.47. The van der Waals surface area contributed by atoms with Crippen molar-refractivity contribution in [3.8, 4) is 0 Å². The second-order valence-electron chi connectivity index (χ2n) is 4.72. The van der Waals surface area contributed by atoms with E-state index in [4.69, 9.17) is 0 Å². The van der Waals surface area contributed by atoms with Crippen LogP contribution in [0.3, 0.4) is 0 Å². The van der Waals surface area contributed by atoms with Crippen LogP contribution in [0.2, 0.25) is 0 Å². The van der Waals surface area contributed by atoms with Gasteiger partial charge in [-0.1, -0.05) is 27.2 Å². The number of nitrogens with one attached hydrogen (secondary N) is 1. The van der Waals surface area contributed by atoms with Crippen molar-refractivity contribution in [2.75, 3.05) is 7.05 Å². The predicted octanol–water partition coefficient (Wildman–Crippen LogP) is 2.67. The van der Waals surface area contributed by atoms with E-state index in [1.165, 1.54) is 19.3 Å². The van der Waals surface area contributed by atoms with Gasteiger partial charge in [0.15, 0.2) is 0 Å². The van der Waals surface area contributed by atoms with Crippen LogP contribution in [0.4, 0.5) is 0 Å². The fraction of sp³-hybridized carbons (Fsp3) is 1.00. The lowest BCUT2D eigenvalue weighted by molar-refractivity contribution is 0.177. The molecule has 1 nitrogen and oxygen atoms in total. The third-order valence-electron chi connectivity index (χ3n) is 3.39. The van der Waals surface area contributed by atoms with Gasteiger partial charge in [0.2, 0.25) is 0 Å². The number of hydrogen-bond donors (Lipinski definition) is 1. The molecule has 1 heteroatoms. The molecule has 0 aromatic heterocycles. The molecule has 12 heavy (non-hydrogen) atoms. The Morgan fingerprint density at radius 2 is 1.92 bits per heavy atom. The Morgan fingerprint density at radius 1 is 1.25 bits per heavy atom. The van der Waals surface area contributed by atoms with Gasteiger partial charge in [-0.05, 0) is 37.6 Å². The molecule has 0 radical (unpaired) electrons. The fourth-order valence-electron chi connectivity index (χ4n) is 2.53. The first kappa shape index (κ1) is 10.0. The lowest BCUT2D eigenvalue weighted by Gasteiger charge is -2.37. The van der Waals surface area contributed by atoms with Crippen molar-refractivity contribution in [2.24, 2.45) is 17.8 Å². The molecule has 1 saturated carbocycles. The molecule has 0 bridgehead atoms. The van der Waals surface area contributed by atoms with E-state index in [0.29, 0.717) is 0 Å². The molecule has 0 aliphatic heterocycles. The second-order valence-corrected chi connectivity index (χ2v) is 4.72. The smallest absolute Gasteiger partial charge is 0.00973 e. The van der Waals surface area contributed by atoms with Crippen LogP contribution in [-0.2, 0) is 0 Å². The molecule has 1 aliphatic rings.